The lowest BCUT2D eigenvalue weighted by molar-refractivity contribution is 0.0685. The Morgan fingerprint density at radius 3 is 2.48 bits per heavy atom. The fourth-order valence-corrected chi connectivity index (χ4v) is 4.02. The maximum atomic E-state index is 12.8. The molecule has 5 nitrogen and oxygen atoms in total. The molecule has 8 heteroatoms. The van der Waals surface area contributed by atoms with Crippen LogP contribution in [0.5, 0.6) is 0 Å². The minimum Gasteiger partial charge on any atom is -0.459 e. The Morgan fingerprint density at radius 1 is 1.32 bits per heavy atom. The molecule has 3 rings (SSSR count). The summed E-state index contributed by atoms with van der Waals surface area (Å²) in [6, 6.07) is 4.01. The molecule has 0 bridgehead atoms. The molecule has 0 spiro atoms. The molecule has 1 atom stereocenters. The molecule has 2 aromatic rings. The van der Waals surface area contributed by atoms with Crippen LogP contribution in [0.1, 0.15) is 40.9 Å². The molecule has 25 heavy (non-hydrogen) atoms. The maximum Gasteiger partial charge on any atom is 0.265 e. The van der Waals surface area contributed by atoms with Crippen molar-refractivity contribution in [3.8, 4) is 10.8 Å². The van der Waals surface area contributed by atoms with Gasteiger partial charge in [0.2, 0.25) is 0 Å². The second-order valence-corrected chi connectivity index (χ2v) is 7.33. The zero-order valence-electron chi connectivity index (χ0n) is 14.7. The summed E-state index contributed by atoms with van der Waals surface area (Å²) in [5, 5.41) is 0.768. The third-order valence-electron chi connectivity index (χ3n) is 4.51. The van der Waals surface area contributed by atoms with E-state index in [2.05, 4.69) is 4.98 Å². The van der Waals surface area contributed by atoms with Crippen LogP contribution < -0.4 is 5.73 Å². The number of hydrogen-bond donors (Lipinski definition) is 1. The van der Waals surface area contributed by atoms with Gasteiger partial charge in [0, 0.05) is 19.1 Å². The average Bonchev–Trinajstić information content (AvgIpc) is 3.12. The molecule has 1 fully saturated rings. The van der Waals surface area contributed by atoms with E-state index < -0.39 is 0 Å². The number of rotatable bonds is 3. The van der Waals surface area contributed by atoms with Gasteiger partial charge in [0.25, 0.3) is 5.91 Å². The van der Waals surface area contributed by atoms with Crippen LogP contribution in [0.3, 0.4) is 0 Å². The van der Waals surface area contributed by atoms with Crippen molar-refractivity contribution in [1.82, 2.24) is 9.88 Å². The Hall–Kier alpha value is -1.08. The molecule has 1 amide bonds. The molecular weight excluding hydrogens is 381 g/mol. The van der Waals surface area contributed by atoms with Gasteiger partial charge in [-0.25, -0.2) is 4.98 Å². The maximum absolute atomic E-state index is 12.8. The fraction of sp³-hybridized carbons (Fsp3) is 0.529. The van der Waals surface area contributed by atoms with Gasteiger partial charge in [-0.15, -0.1) is 36.2 Å². The fourth-order valence-electron chi connectivity index (χ4n) is 3.02. The Morgan fingerprint density at radius 2 is 1.96 bits per heavy atom. The highest BCUT2D eigenvalue weighted by Gasteiger charge is 2.28. The molecule has 0 aromatic carbocycles. The summed E-state index contributed by atoms with van der Waals surface area (Å²) in [6.07, 6.45) is 1.96. The van der Waals surface area contributed by atoms with Gasteiger partial charge in [0.05, 0.1) is 5.69 Å². The van der Waals surface area contributed by atoms with Crippen molar-refractivity contribution < 1.29 is 9.21 Å². The quantitative estimate of drug-likeness (QED) is 0.834. The highest BCUT2D eigenvalue weighted by molar-refractivity contribution is 7.17. The lowest BCUT2D eigenvalue weighted by Gasteiger charge is -2.33. The van der Waals surface area contributed by atoms with E-state index in [1.807, 2.05) is 37.8 Å². The largest absolute Gasteiger partial charge is 0.459 e. The number of nitrogens with zero attached hydrogens (tertiary/aromatic N) is 2. The van der Waals surface area contributed by atoms with E-state index in [1.54, 1.807) is 0 Å². The Bertz CT molecular complexity index is 707. The number of nitrogens with two attached hydrogens (primary N) is 1. The van der Waals surface area contributed by atoms with E-state index >= 15 is 0 Å². The van der Waals surface area contributed by atoms with Crippen molar-refractivity contribution in [2.75, 3.05) is 13.1 Å². The number of aromatic nitrogens is 1. The topological polar surface area (TPSA) is 72.4 Å². The van der Waals surface area contributed by atoms with Crippen LogP contribution in [0.25, 0.3) is 10.8 Å². The number of hydrogen-bond acceptors (Lipinski definition) is 5. The highest BCUT2D eigenvalue weighted by atomic mass is 35.5. The minimum absolute atomic E-state index is 0. The first-order chi connectivity index (χ1) is 11.0. The van der Waals surface area contributed by atoms with Crippen LogP contribution in [0.2, 0.25) is 0 Å². The molecular formula is C17H25Cl2N3O2S. The Balaban J connectivity index is 0.00000156. The predicted octanol–water partition coefficient (Wildman–Crippen LogP) is 4.06. The summed E-state index contributed by atoms with van der Waals surface area (Å²) in [4.78, 5) is 19.9. The van der Waals surface area contributed by atoms with Crippen molar-refractivity contribution >= 4 is 42.1 Å². The number of amides is 1. The molecule has 1 saturated heterocycles. The van der Waals surface area contributed by atoms with Crippen LogP contribution in [0, 0.1) is 19.8 Å². The van der Waals surface area contributed by atoms with Gasteiger partial charge in [0.1, 0.15) is 10.6 Å². The van der Waals surface area contributed by atoms with Crippen molar-refractivity contribution in [2.45, 2.75) is 39.7 Å². The molecule has 2 N–H and O–H groups in total. The van der Waals surface area contributed by atoms with E-state index in [0.717, 1.165) is 48.2 Å². The van der Waals surface area contributed by atoms with Crippen LogP contribution in [-0.4, -0.2) is 34.9 Å². The molecule has 0 radical (unpaired) electrons. The third-order valence-corrected chi connectivity index (χ3v) is 5.67. The van der Waals surface area contributed by atoms with Gasteiger partial charge in [-0.3, -0.25) is 4.79 Å². The standard InChI is InChI=1S/C17H23N3O2S.2ClH/c1-10-4-5-14(22-10)16-19-12(3)15(23-16)17(21)20-8-6-13(7-9-20)11(2)18;;/h4-5,11,13H,6-9,18H2,1-3H3;2*1H. The number of likely N-dealkylation sites (tertiary alicyclic amines) is 1. The van der Waals surface area contributed by atoms with E-state index in [0.29, 0.717) is 10.8 Å². The van der Waals surface area contributed by atoms with E-state index in [-0.39, 0.29) is 36.8 Å². The molecule has 3 heterocycles. The van der Waals surface area contributed by atoms with Gasteiger partial charge in [0.15, 0.2) is 10.8 Å². The number of piperidine rings is 1. The lowest BCUT2D eigenvalue weighted by atomic mass is 9.91. The number of carbonyl (C=O) groups is 1. The monoisotopic (exact) mass is 405 g/mol. The minimum atomic E-state index is 0. The number of carbonyl (C=O) groups excluding carboxylic acids is 1. The number of thiazole rings is 1. The summed E-state index contributed by atoms with van der Waals surface area (Å²) in [5.74, 6) is 2.17. The lowest BCUT2D eigenvalue weighted by Crippen LogP contribution is -2.42. The Labute approximate surface area is 164 Å². The highest BCUT2D eigenvalue weighted by Crippen LogP contribution is 2.31. The number of halogens is 2. The molecule has 140 valence electrons. The first kappa shape index (κ1) is 22.0. The summed E-state index contributed by atoms with van der Waals surface area (Å²) >= 11 is 1.41. The molecule has 0 saturated carbocycles. The van der Waals surface area contributed by atoms with Gasteiger partial charge in [-0.1, -0.05) is 0 Å². The smallest absolute Gasteiger partial charge is 0.265 e. The summed E-state index contributed by atoms with van der Waals surface area (Å²) in [5.41, 5.74) is 6.75. The summed E-state index contributed by atoms with van der Waals surface area (Å²) in [7, 11) is 0. The van der Waals surface area contributed by atoms with Gasteiger partial charge >= 0.3 is 0 Å². The van der Waals surface area contributed by atoms with Gasteiger partial charge in [-0.05, 0) is 51.7 Å². The van der Waals surface area contributed by atoms with Crippen LogP contribution >= 0.6 is 36.2 Å². The van der Waals surface area contributed by atoms with Gasteiger partial charge < -0.3 is 15.1 Å². The van der Waals surface area contributed by atoms with Crippen molar-refractivity contribution in [2.24, 2.45) is 11.7 Å². The van der Waals surface area contributed by atoms with Crippen molar-refractivity contribution in [3.63, 3.8) is 0 Å². The summed E-state index contributed by atoms with van der Waals surface area (Å²) < 4.78 is 5.61. The second kappa shape index (κ2) is 9.03. The predicted molar refractivity (Wildman–Crippen MR) is 106 cm³/mol. The molecule has 2 aromatic heterocycles. The first-order valence-electron chi connectivity index (χ1n) is 8.05. The summed E-state index contributed by atoms with van der Waals surface area (Å²) in [6.45, 7) is 7.39. The second-order valence-electron chi connectivity index (χ2n) is 6.33. The molecule has 1 aliphatic rings. The Kier molecular flexibility index (Phi) is 7.93. The van der Waals surface area contributed by atoms with Gasteiger partial charge in [-0.2, -0.15) is 0 Å². The zero-order chi connectivity index (χ0) is 16.6. The number of aryl methyl sites for hydroxylation is 2. The molecule has 0 aliphatic carbocycles. The SMILES string of the molecule is Cc1ccc(-c2nc(C)c(C(=O)N3CCC(C(C)N)CC3)s2)o1.Cl.Cl. The normalized spacial score (nSPS) is 16.1. The van der Waals surface area contributed by atoms with E-state index in [1.165, 1.54) is 11.3 Å². The third kappa shape index (κ3) is 4.76. The van der Waals surface area contributed by atoms with Crippen LogP contribution in [0.4, 0.5) is 0 Å². The number of furan rings is 1. The zero-order valence-corrected chi connectivity index (χ0v) is 17.1. The van der Waals surface area contributed by atoms with Crippen LogP contribution in [-0.2, 0) is 0 Å². The average molecular weight is 406 g/mol. The van der Waals surface area contributed by atoms with Crippen molar-refractivity contribution in [3.05, 3.63) is 28.5 Å². The first-order valence-corrected chi connectivity index (χ1v) is 8.86. The molecule has 1 aliphatic heterocycles. The van der Waals surface area contributed by atoms with Crippen LogP contribution in [0.15, 0.2) is 16.5 Å². The van der Waals surface area contributed by atoms with E-state index in [9.17, 15) is 4.79 Å². The molecule has 1 unspecified atom stereocenters. The van der Waals surface area contributed by atoms with E-state index in [4.69, 9.17) is 10.2 Å². The van der Waals surface area contributed by atoms with Crippen molar-refractivity contribution in [1.29, 1.82) is 0 Å².